The van der Waals surface area contributed by atoms with E-state index in [2.05, 4.69) is 58.8 Å². The molecule has 1 fully saturated rings. The molecule has 0 spiro atoms. The van der Waals surface area contributed by atoms with Crippen molar-refractivity contribution < 1.29 is 4.79 Å². The first kappa shape index (κ1) is 21.1. The summed E-state index contributed by atoms with van der Waals surface area (Å²) in [6, 6.07) is 16.3. The van der Waals surface area contributed by atoms with Crippen molar-refractivity contribution >= 4 is 74.2 Å². The molecule has 0 aromatic heterocycles. The van der Waals surface area contributed by atoms with Gasteiger partial charge in [-0.05, 0) is 84.5 Å². The molecular weight excluding hydrogens is 501 g/mol. The summed E-state index contributed by atoms with van der Waals surface area (Å²) in [5.74, 6) is -0.0548. The van der Waals surface area contributed by atoms with Gasteiger partial charge in [0, 0.05) is 28.0 Å². The van der Waals surface area contributed by atoms with E-state index in [1.807, 2.05) is 42.5 Å². The zero-order valence-electron chi connectivity index (χ0n) is 15.8. The molecule has 0 radical (unpaired) electrons. The van der Waals surface area contributed by atoms with Crippen LogP contribution in [0.15, 0.2) is 53.4 Å². The Morgan fingerprint density at radius 2 is 1.75 bits per heavy atom. The van der Waals surface area contributed by atoms with Gasteiger partial charge in [-0.25, -0.2) is 0 Å². The topological polar surface area (TPSA) is 35.6 Å². The number of carbonyl (C=O) groups excluding carboxylic acids is 1. The van der Waals surface area contributed by atoms with Crippen LogP contribution in [0.25, 0.3) is 6.08 Å². The molecule has 1 aliphatic rings. The summed E-state index contributed by atoms with van der Waals surface area (Å²) in [7, 11) is 0. The zero-order chi connectivity index (χ0) is 20.1. The smallest absolute Gasteiger partial charge is 0.267 e. The second-order valence-corrected chi connectivity index (χ2v) is 9.14. The molecule has 2 aromatic carbocycles. The number of thiocarbonyl (C=S) groups is 1. The second-order valence-electron chi connectivity index (χ2n) is 6.22. The number of amides is 1. The highest BCUT2D eigenvalue weighted by molar-refractivity contribution is 14.1. The fourth-order valence-electron chi connectivity index (χ4n) is 2.90. The summed E-state index contributed by atoms with van der Waals surface area (Å²) in [6.07, 6.45) is 1.91. The van der Waals surface area contributed by atoms with E-state index in [4.69, 9.17) is 12.2 Å². The Morgan fingerprint density at radius 1 is 1.11 bits per heavy atom. The summed E-state index contributed by atoms with van der Waals surface area (Å²) in [6.45, 7) is 6.60. The van der Waals surface area contributed by atoms with Crippen LogP contribution in [-0.2, 0) is 4.79 Å². The van der Waals surface area contributed by atoms with Crippen molar-refractivity contribution in [3.63, 3.8) is 0 Å². The molecule has 146 valence electrons. The molecule has 7 heteroatoms. The maximum Gasteiger partial charge on any atom is 0.267 e. The number of nitrogens with one attached hydrogen (secondary N) is 1. The number of carbonyl (C=O) groups is 1. The van der Waals surface area contributed by atoms with E-state index in [1.54, 1.807) is 4.90 Å². The molecule has 1 N–H and O–H groups in total. The molecule has 0 unspecified atom stereocenters. The molecule has 0 bridgehead atoms. The van der Waals surface area contributed by atoms with E-state index in [0.717, 1.165) is 24.3 Å². The Balaban J connectivity index is 1.67. The third kappa shape index (κ3) is 5.07. The SMILES string of the molecule is CCN(CC)c1ccc(C=C2SC(=S)N(CNc3ccc(I)cc3)C2=O)cc1. The fraction of sp³-hybridized carbons (Fsp3) is 0.238. The van der Waals surface area contributed by atoms with Crippen LogP contribution in [0.1, 0.15) is 19.4 Å². The Bertz CT molecular complexity index is 878. The molecule has 1 amide bonds. The van der Waals surface area contributed by atoms with Gasteiger partial charge >= 0.3 is 0 Å². The van der Waals surface area contributed by atoms with Crippen molar-refractivity contribution in [2.75, 3.05) is 30.0 Å². The van der Waals surface area contributed by atoms with E-state index < -0.39 is 0 Å². The molecule has 1 aliphatic heterocycles. The first-order valence-electron chi connectivity index (χ1n) is 9.11. The number of nitrogens with zero attached hydrogens (tertiary/aromatic N) is 2. The zero-order valence-corrected chi connectivity index (χ0v) is 19.6. The van der Waals surface area contributed by atoms with E-state index in [1.165, 1.54) is 21.0 Å². The number of halogens is 1. The molecule has 1 heterocycles. The van der Waals surface area contributed by atoms with Crippen molar-refractivity contribution in [2.24, 2.45) is 0 Å². The Kier molecular flexibility index (Phi) is 7.36. The summed E-state index contributed by atoms with van der Waals surface area (Å²) < 4.78 is 1.75. The van der Waals surface area contributed by atoms with Crippen molar-refractivity contribution in [1.82, 2.24) is 4.90 Å². The van der Waals surface area contributed by atoms with Gasteiger partial charge in [0.25, 0.3) is 5.91 Å². The summed E-state index contributed by atoms with van der Waals surface area (Å²) >= 11 is 9.03. The molecule has 28 heavy (non-hydrogen) atoms. The highest BCUT2D eigenvalue weighted by Gasteiger charge is 2.31. The van der Waals surface area contributed by atoms with Gasteiger partial charge in [-0.15, -0.1) is 0 Å². The van der Waals surface area contributed by atoms with Gasteiger partial charge in [-0.2, -0.15) is 0 Å². The molecule has 2 aromatic rings. The third-order valence-corrected chi connectivity index (χ3v) is 6.58. The quantitative estimate of drug-likeness (QED) is 0.299. The monoisotopic (exact) mass is 523 g/mol. The maximum absolute atomic E-state index is 12.8. The lowest BCUT2D eigenvalue weighted by Crippen LogP contribution is -2.33. The molecular formula is C21H22IN3OS2. The van der Waals surface area contributed by atoms with Crippen molar-refractivity contribution in [1.29, 1.82) is 0 Å². The number of hydrogen-bond acceptors (Lipinski definition) is 5. The number of benzene rings is 2. The van der Waals surface area contributed by atoms with Gasteiger partial charge in [-0.3, -0.25) is 9.69 Å². The number of anilines is 2. The summed E-state index contributed by atoms with van der Waals surface area (Å²) in [5.41, 5.74) is 3.16. The fourth-order valence-corrected chi connectivity index (χ4v) is 4.51. The van der Waals surface area contributed by atoms with Gasteiger partial charge in [0.15, 0.2) is 0 Å². The molecule has 0 aliphatic carbocycles. The average Bonchev–Trinajstić information content (AvgIpc) is 2.96. The first-order valence-corrected chi connectivity index (χ1v) is 11.4. The lowest BCUT2D eigenvalue weighted by atomic mass is 10.1. The first-order chi connectivity index (χ1) is 13.5. The van der Waals surface area contributed by atoms with Crippen LogP contribution in [0, 0.1) is 3.57 Å². The standard InChI is InChI=1S/C21H22IN3OS2/c1-3-24(4-2)18-11-5-15(6-12-18)13-19-20(26)25(21(27)28-19)14-23-17-9-7-16(22)8-10-17/h5-13,23H,3-4,14H2,1-2H3. The van der Waals surface area contributed by atoms with Gasteiger partial charge in [-0.1, -0.05) is 36.1 Å². The van der Waals surface area contributed by atoms with E-state index in [-0.39, 0.29) is 5.91 Å². The molecule has 3 rings (SSSR count). The number of hydrogen-bond donors (Lipinski definition) is 1. The molecule has 0 atom stereocenters. The lowest BCUT2D eigenvalue weighted by molar-refractivity contribution is -0.121. The minimum absolute atomic E-state index is 0.0548. The largest absolute Gasteiger partial charge is 0.372 e. The molecule has 0 saturated carbocycles. The Morgan fingerprint density at radius 3 is 2.36 bits per heavy atom. The van der Waals surface area contributed by atoms with Crippen LogP contribution >= 0.6 is 46.6 Å². The summed E-state index contributed by atoms with van der Waals surface area (Å²) in [5, 5.41) is 3.26. The highest BCUT2D eigenvalue weighted by Crippen LogP contribution is 2.32. The second kappa shape index (κ2) is 9.76. The lowest BCUT2D eigenvalue weighted by Gasteiger charge is -2.20. The van der Waals surface area contributed by atoms with E-state index >= 15 is 0 Å². The highest BCUT2D eigenvalue weighted by atomic mass is 127. The molecule has 4 nitrogen and oxygen atoms in total. The Labute approximate surface area is 189 Å². The third-order valence-electron chi connectivity index (χ3n) is 4.48. The van der Waals surface area contributed by atoms with Crippen LogP contribution in [0.2, 0.25) is 0 Å². The van der Waals surface area contributed by atoms with Crippen LogP contribution in [-0.4, -0.2) is 34.9 Å². The van der Waals surface area contributed by atoms with E-state index in [9.17, 15) is 4.79 Å². The average molecular weight is 523 g/mol. The van der Waals surface area contributed by atoms with Crippen LogP contribution < -0.4 is 10.2 Å². The van der Waals surface area contributed by atoms with Crippen LogP contribution in [0.3, 0.4) is 0 Å². The van der Waals surface area contributed by atoms with Crippen molar-refractivity contribution in [3.05, 3.63) is 62.6 Å². The van der Waals surface area contributed by atoms with Crippen LogP contribution in [0.4, 0.5) is 11.4 Å². The number of thioether (sulfide) groups is 1. The van der Waals surface area contributed by atoms with Gasteiger partial charge in [0.1, 0.15) is 4.32 Å². The van der Waals surface area contributed by atoms with E-state index in [0.29, 0.717) is 15.9 Å². The minimum atomic E-state index is -0.0548. The maximum atomic E-state index is 12.8. The van der Waals surface area contributed by atoms with Gasteiger partial charge < -0.3 is 10.2 Å². The predicted molar refractivity (Wildman–Crippen MR) is 133 cm³/mol. The van der Waals surface area contributed by atoms with Gasteiger partial charge in [0.05, 0.1) is 11.6 Å². The van der Waals surface area contributed by atoms with Crippen LogP contribution in [0.5, 0.6) is 0 Å². The molecule has 1 saturated heterocycles. The van der Waals surface area contributed by atoms with Crippen molar-refractivity contribution in [2.45, 2.75) is 13.8 Å². The number of rotatable bonds is 7. The Hall–Kier alpha value is -1.58. The van der Waals surface area contributed by atoms with Crippen molar-refractivity contribution in [3.8, 4) is 0 Å². The predicted octanol–water partition coefficient (Wildman–Crippen LogP) is 5.41. The summed E-state index contributed by atoms with van der Waals surface area (Å²) in [4.78, 5) is 17.3. The normalized spacial score (nSPS) is 15.4. The van der Waals surface area contributed by atoms with Gasteiger partial charge in [0.2, 0.25) is 0 Å². The minimum Gasteiger partial charge on any atom is -0.372 e.